The lowest BCUT2D eigenvalue weighted by Gasteiger charge is -2.01. The number of nitrogens with two attached hydrogens (primary N) is 1. The minimum atomic E-state index is -1.44. The van der Waals surface area contributed by atoms with Crippen molar-refractivity contribution in [2.75, 3.05) is 12.3 Å². The van der Waals surface area contributed by atoms with Gasteiger partial charge >= 0.3 is 0 Å². The number of hydrogen-bond acceptors (Lipinski definition) is 8. The number of carbonyl (C=O) groups excluding carboxylic acids is 1. The molecule has 4 N–H and O–H groups in total. The number of nitrogen functional groups attached to an aromatic ring is 1. The molecule has 0 aliphatic rings. The predicted octanol–water partition coefficient (Wildman–Crippen LogP) is -0.853. The van der Waals surface area contributed by atoms with E-state index in [2.05, 4.69) is 14.5 Å². The number of carbonyl (C=O) groups is 1. The number of halogens is 1. The molecule has 0 fully saturated rings. The highest BCUT2D eigenvalue weighted by atomic mass is 35.5. The van der Waals surface area contributed by atoms with Gasteiger partial charge in [0.2, 0.25) is 5.51 Å². The summed E-state index contributed by atoms with van der Waals surface area (Å²) in [7, 11) is 0. The summed E-state index contributed by atoms with van der Waals surface area (Å²) in [6, 6.07) is 0. The zero-order valence-electron chi connectivity index (χ0n) is 14.3. The van der Waals surface area contributed by atoms with Gasteiger partial charge in [-0.3, -0.25) is 0 Å². The van der Waals surface area contributed by atoms with Crippen LogP contribution in [0.15, 0.2) is 11.7 Å². The van der Waals surface area contributed by atoms with Crippen molar-refractivity contribution in [1.29, 1.82) is 0 Å². The maximum atomic E-state index is 9.34. The Morgan fingerprint density at radius 2 is 2.08 bits per heavy atom. The Morgan fingerprint density at radius 1 is 1.48 bits per heavy atom. The third-order valence-corrected chi connectivity index (χ3v) is 4.34. The van der Waals surface area contributed by atoms with E-state index in [9.17, 15) is 9.90 Å². The molecule has 0 spiro atoms. The molecule has 0 saturated carbocycles. The van der Waals surface area contributed by atoms with Crippen molar-refractivity contribution in [2.24, 2.45) is 0 Å². The van der Waals surface area contributed by atoms with E-state index in [-0.39, 0.29) is 19.0 Å². The molecule has 8 nitrogen and oxygen atoms in total. The number of rotatable bonds is 5. The van der Waals surface area contributed by atoms with Crippen LogP contribution in [0.3, 0.4) is 0 Å². The van der Waals surface area contributed by atoms with E-state index in [1.165, 1.54) is 4.88 Å². The number of aliphatic hydroxyl groups is 2. The lowest BCUT2D eigenvalue weighted by atomic mass is 10.2. The average Bonchev–Trinajstić information content (AvgIpc) is 2.84. The summed E-state index contributed by atoms with van der Waals surface area (Å²) in [5, 5.41) is 26.3. The second-order valence-corrected chi connectivity index (χ2v) is 6.10. The van der Waals surface area contributed by atoms with Crippen molar-refractivity contribution in [1.82, 2.24) is 9.97 Å². The number of carboxylic acids is 1. The smallest absolute Gasteiger partial charge is 0.225 e. The van der Waals surface area contributed by atoms with Gasteiger partial charge < -0.3 is 25.8 Å². The van der Waals surface area contributed by atoms with E-state index in [0.717, 1.165) is 18.2 Å². The lowest BCUT2D eigenvalue weighted by Crippen LogP contribution is -2.35. The molecule has 2 rings (SSSR count). The zero-order chi connectivity index (χ0) is 18.3. The molecule has 1 atom stereocenters. The molecule has 0 saturated heterocycles. The normalized spacial score (nSPS) is 11.1. The molecule has 140 valence electrons. The van der Waals surface area contributed by atoms with Crippen LogP contribution in [0, 0.1) is 13.8 Å². The Balaban J connectivity index is 0.000000715. The first-order valence-electron chi connectivity index (χ1n) is 7.30. The fourth-order valence-corrected chi connectivity index (χ4v) is 2.75. The Morgan fingerprint density at radius 3 is 2.56 bits per heavy atom. The summed E-state index contributed by atoms with van der Waals surface area (Å²) >= 11 is 1.65. The molecule has 2 heterocycles. The number of aromatic nitrogens is 3. The molecule has 0 aliphatic heterocycles. The maximum Gasteiger partial charge on any atom is 0.225 e. The molecule has 0 bridgehead atoms. The Bertz CT molecular complexity index is 694. The minimum absolute atomic E-state index is 0. The molecule has 25 heavy (non-hydrogen) atoms. The highest BCUT2D eigenvalue weighted by molar-refractivity contribution is 7.09. The Hall–Kier alpha value is -1.81. The van der Waals surface area contributed by atoms with Gasteiger partial charge in [-0.15, -0.1) is 12.4 Å². The van der Waals surface area contributed by atoms with Crippen molar-refractivity contribution < 1.29 is 24.7 Å². The molecule has 0 radical (unpaired) electrons. The number of carboxylic acid groups (broad SMARTS) is 1. The molecule has 2 aromatic heterocycles. The van der Waals surface area contributed by atoms with Crippen molar-refractivity contribution in [2.45, 2.75) is 39.8 Å². The van der Waals surface area contributed by atoms with Crippen LogP contribution in [0.2, 0.25) is 0 Å². The highest BCUT2D eigenvalue weighted by Gasteiger charge is 2.16. The number of aryl methyl sites for hydroxylation is 1. The van der Waals surface area contributed by atoms with Crippen LogP contribution >= 0.6 is 23.7 Å². The third-order valence-electron chi connectivity index (χ3n) is 3.20. The van der Waals surface area contributed by atoms with Crippen LogP contribution in [-0.4, -0.2) is 38.9 Å². The molecule has 2 aromatic rings. The van der Waals surface area contributed by atoms with Crippen LogP contribution in [0.4, 0.5) is 5.82 Å². The first kappa shape index (κ1) is 23.2. The minimum Gasteiger partial charge on any atom is -0.547 e. The van der Waals surface area contributed by atoms with Gasteiger partial charge in [0.1, 0.15) is 11.6 Å². The lowest BCUT2D eigenvalue weighted by molar-refractivity contribution is -0.689. The molecular weight excluding hydrogens is 368 g/mol. The maximum absolute atomic E-state index is 9.34. The zero-order valence-corrected chi connectivity index (χ0v) is 15.9. The van der Waals surface area contributed by atoms with Crippen LogP contribution in [0.1, 0.15) is 28.9 Å². The SMILES string of the molecule is CC(O)C(=O)[O-].Cc1ncc(C[n+]2csc(CCO)c2C)c(N)n1.Cl. The van der Waals surface area contributed by atoms with Gasteiger partial charge in [-0.25, -0.2) is 9.97 Å². The molecule has 0 aliphatic carbocycles. The van der Waals surface area contributed by atoms with E-state index in [0.29, 0.717) is 24.6 Å². The topological polar surface area (TPSA) is 136 Å². The Kier molecular flexibility index (Phi) is 10.1. The number of nitrogens with zero attached hydrogens (tertiary/aromatic N) is 3. The summed E-state index contributed by atoms with van der Waals surface area (Å²) in [4.78, 5) is 18.9. The van der Waals surface area contributed by atoms with Crippen LogP contribution in [-0.2, 0) is 17.8 Å². The number of thiazole rings is 1. The number of anilines is 1. The second kappa shape index (κ2) is 10.9. The fraction of sp³-hybridized carbons (Fsp3) is 0.467. The number of hydrogen-bond donors (Lipinski definition) is 3. The molecule has 10 heteroatoms. The quantitative estimate of drug-likeness (QED) is 0.565. The summed E-state index contributed by atoms with van der Waals surface area (Å²) in [6.07, 6.45) is 1.13. The van der Waals surface area contributed by atoms with Crippen molar-refractivity contribution in [3.63, 3.8) is 0 Å². The van der Waals surface area contributed by atoms with Crippen LogP contribution in [0.25, 0.3) is 0 Å². The summed E-state index contributed by atoms with van der Waals surface area (Å²) in [5.41, 5.74) is 10.0. The van der Waals surface area contributed by atoms with Gasteiger partial charge in [0.25, 0.3) is 0 Å². The standard InChI is InChI=1S/C12H17N4OS.C3H6O3.ClH/c1-8-11(3-4-17)18-7-16(8)6-10-5-14-9(2)15-12(10)13;1-2(4)3(5)6;/h5,7,17H,3-4,6H2,1-2H3,(H2,13,14,15);2,4H,1H3,(H,5,6);1H/q+1;;/p-1. The van der Waals surface area contributed by atoms with Gasteiger partial charge in [0, 0.05) is 26.1 Å². The fourth-order valence-electron chi connectivity index (χ4n) is 1.77. The van der Waals surface area contributed by atoms with E-state index in [1.54, 1.807) is 17.5 Å². The van der Waals surface area contributed by atoms with E-state index in [4.69, 9.17) is 15.9 Å². The van der Waals surface area contributed by atoms with Crippen molar-refractivity contribution in [3.8, 4) is 0 Å². The van der Waals surface area contributed by atoms with Gasteiger partial charge in [-0.05, 0) is 13.8 Å². The van der Waals surface area contributed by atoms with Gasteiger partial charge in [0.05, 0.1) is 22.5 Å². The van der Waals surface area contributed by atoms with Gasteiger partial charge in [-0.2, -0.15) is 4.57 Å². The largest absolute Gasteiger partial charge is 0.547 e. The van der Waals surface area contributed by atoms with Crippen LogP contribution in [0.5, 0.6) is 0 Å². The van der Waals surface area contributed by atoms with Gasteiger partial charge in [-0.1, -0.05) is 11.3 Å². The van der Waals surface area contributed by atoms with Crippen LogP contribution < -0.4 is 15.4 Å². The van der Waals surface area contributed by atoms with Crippen molar-refractivity contribution >= 4 is 35.5 Å². The first-order valence-corrected chi connectivity index (χ1v) is 8.18. The van der Waals surface area contributed by atoms with E-state index < -0.39 is 12.1 Å². The molecule has 0 aromatic carbocycles. The monoisotopic (exact) mass is 390 g/mol. The predicted molar refractivity (Wildman–Crippen MR) is 94.3 cm³/mol. The summed E-state index contributed by atoms with van der Waals surface area (Å²) in [5.74, 6) is -0.219. The van der Waals surface area contributed by atoms with E-state index in [1.807, 2.05) is 19.4 Å². The number of aliphatic hydroxyl groups excluding tert-OH is 2. The first-order chi connectivity index (χ1) is 11.3. The van der Waals surface area contributed by atoms with Crippen molar-refractivity contribution in [3.05, 3.63) is 33.7 Å². The second-order valence-electron chi connectivity index (χ2n) is 5.16. The summed E-state index contributed by atoms with van der Waals surface area (Å²) < 4.78 is 2.11. The molecule has 1 unspecified atom stereocenters. The summed E-state index contributed by atoms with van der Waals surface area (Å²) in [6.45, 7) is 5.85. The van der Waals surface area contributed by atoms with Gasteiger partial charge in [0.15, 0.2) is 12.2 Å². The van der Waals surface area contributed by atoms with E-state index >= 15 is 0 Å². The average molecular weight is 391 g/mol. The number of aliphatic carboxylic acids is 1. The third kappa shape index (κ3) is 7.30. The molecule has 0 amide bonds. The highest BCUT2D eigenvalue weighted by Crippen LogP contribution is 2.13. The molecular formula is C15H23ClN4O4S. The Labute approximate surface area is 156 Å².